The molecule has 1 aromatic carbocycles. The van der Waals surface area contributed by atoms with Gasteiger partial charge in [-0.1, -0.05) is 17.8 Å². The molecule has 0 unspecified atom stereocenters. The number of amides is 1. The Kier molecular flexibility index (Phi) is 5.09. The van der Waals surface area contributed by atoms with Gasteiger partial charge in [0.2, 0.25) is 5.91 Å². The number of thioether (sulfide) groups is 1. The molecule has 0 bridgehead atoms. The molecule has 1 amide bonds. The molecule has 0 aliphatic heterocycles. The number of halogens is 3. The molecular formula is C15H10F3N3O2S2. The largest absolute Gasteiger partial charge is 0.410 e. The second-order valence-corrected chi connectivity index (χ2v) is 7.06. The summed E-state index contributed by atoms with van der Waals surface area (Å²) < 4.78 is 45.1. The average Bonchev–Trinajstić information content (AvgIpc) is 3.26. The first kappa shape index (κ1) is 17.5. The second kappa shape index (κ2) is 7.28. The highest BCUT2D eigenvalue weighted by Crippen LogP contribution is 2.29. The topological polar surface area (TPSA) is 68.0 Å². The summed E-state index contributed by atoms with van der Waals surface area (Å²) in [5.74, 6) is -4.72. The average molecular weight is 385 g/mol. The van der Waals surface area contributed by atoms with Crippen molar-refractivity contribution >= 4 is 34.7 Å². The molecule has 1 atom stereocenters. The SMILES string of the molecule is C[C@H](Sc1nnc(-c2cccs2)o1)C(=O)Nc1ccc(F)c(F)c1F. The van der Waals surface area contributed by atoms with Gasteiger partial charge in [-0.05, 0) is 30.5 Å². The standard InChI is InChI=1S/C15H10F3N3O2S2/c1-7(13(22)19-9-5-4-8(16)11(17)12(9)18)25-15-21-20-14(23-15)10-3-2-6-24-10/h2-7H,1H3,(H,19,22)/t7-/m0/s1. The molecule has 0 aliphatic rings. The number of anilines is 1. The minimum atomic E-state index is -1.64. The van der Waals surface area contributed by atoms with Crippen LogP contribution in [0.2, 0.25) is 0 Å². The van der Waals surface area contributed by atoms with Gasteiger partial charge in [-0.3, -0.25) is 4.79 Å². The van der Waals surface area contributed by atoms with Gasteiger partial charge in [0.25, 0.3) is 11.1 Å². The van der Waals surface area contributed by atoms with Crippen LogP contribution in [0.15, 0.2) is 39.3 Å². The fourth-order valence-electron chi connectivity index (χ4n) is 1.82. The number of thiophene rings is 1. The summed E-state index contributed by atoms with van der Waals surface area (Å²) in [5, 5.41) is 11.2. The van der Waals surface area contributed by atoms with Gasteiger partial charge in [0, 0.05) is 0 Å². The molecule has 0 saturated carbocycles. The number of aromatic nitrogens is 2. The molecule has 0 radical (unpaired) electrons. The number of hydrogen-bond acceptors (Lipinski definition) is 6. The number of carbonyl (C=O) groups excluding carboxylic acids is 1. The van der Waals surface area contributed by atoms with E-state index in [4.69, 9.17) is 4.42 Å². The van der Waals surface area contributed by atoms with Gasteiger partial charge in [-0.25, -0.2) is 13.2 Å². The lowest BCUT2D eigenvalue weighted by molar-refractivity contribution is -0.115. The third-order valence-electron chi connectivity index (χ3n) is 3.08. The first-order valence-corrected chi connectivity index (χ1v) is 8.70. The molecule has 0 fully saturated rings. The second-order valence-electron chi connectivity index (χ2n) is 4.82. The Morgan fingerprint density at radius 2 is 2.04 bits per heavy atom. The van der Waals surface area contributed by atoms with E-state index in [1.165, 1.54) is 18.3 Å². The molecule has 25 heavy (non-hydrogen) atoms. The fourth-order valence-corrected chi connectivity index (χ4v) is 3.15. The Hall–Kier alpha value is -2.33. The molecule has 3 rings (SSSR count). The number of rotatable bonds is 5. The van der Waals surface area contributed by atoms with E-state index in [0.717, 1.165) is 28.8 Å². The Balaban J connectivity index is 1.66. The van der Waals surface area contributed by atoms with E-state index in [1.54, 1.807) is 0 Å². The maximum absolute atomic E-state index is 13.6. The van der Waals surface area contributed by atoms with Crippen LogP contribution in [-0.2, 0) is 4.79 Å². The zero-order valence-electron chi connectivity index (χ0n) is 12.6. The Morgan fingerprint density at radius 3 is 2.76 bits per heavy atom. The van der Waals surface area contributed by atoms with Crippen molar-refractivity contribution in [3.8, 4) is 10.8 Å². The molecule has 2 aromatic heterocycles. The highest BCUT2D eigenvalue weighted by atomic mass is 32.2. The van der Waals surface area contributed by atoms with Crippen LogP contribution in [-0.4, -0.2) is 21.4 Å². The Labute approximate surface area is 148 Å². The van der Waals surface area contributed by atoms with Gasteiger partial charge >= 0.3 is 0 Å². The van der Waals surface area contributed by atoms with Crippen molar-refractivity contribution in [3.63, 3.8) is 0 Å². The van der Waals surface area contributed by atoms with Crippen LogP contribution < -0.4 is 5.32 Å². The minimum Gasteiger partial charge on any atom is -0.410 e. The van der Waals surface area contributed by atoms with Gasteiger partial charge in [0.05, 0.1) is 15.8 Å². The van der Waals surface area contributed by atoms with Crippen LogP contribution in [0, 0.1) is 17.5 Å². The quantitative estimate of drug-likeness (QED) is 0.523. The number of nitrogens with one attached hydrogen (secondary N) is 1. The van der Waals surface area contributed by atoms with E-state index in [-0.39, 0.29) is 5.22 Å². The lowest BCUT2D eigenvalue weighted by Gasteiger charge is -2.11. The summed E-state index contributed by atoms with van der Waals surface area (Å²) in [4.78, 5) is 12.9. The zero-order chi connectivity index (χ0) is 18.0. The summed E-state index contributed by atoms with van der Waals surface area (Å²) in [5.41, 5.74) is -0.443. The molecule has 1 N–H and O–H groups in total. The molecule has 5 nitrogen and oxygen atoms in total. The summed E-state index contributed by atoms with van der Waals surface area (Å²) >= 11 is 2.39. The van der Waals surface area contributed by atoms with E-state index in [2.05, 4.69) is 15.5 Å². The van der Waals surface area contributed by atoms with Crippen LogP contribution in [0.5, 0.6) is 0 Å². The predicted octanol–water partition coefficient (Wildman–Crippen LogP) is 4.33. The van der Waals surface area contributed by atoms with E-state index in [0.29, 0.717) is 5.89 Å². The Bertz CT molecular complexity index is 900. The first-order valence-electron chi connectivity index (χ1n) is 6.94. The molecule has 130 valence electrons. The summed E-state index contributed by atoms with van der Waals surface area (Å²) in [6.07, 6.45) is 0. The summed E-state index contributed by atoms with van der Waals surface area (Å²) in [7, 11) is 0. The molecule has 3 aromatic rings. The van der Waals surface area contributed by atoms with E-state index in [9.17, 15) is 18.0 Å². The maximum atomic E-state index is 13.6. The van der Waals surface area contributed by atoms with Crippen LogP contribution in [0.25, 0.3) is 10.8 Å². The third kappa shape index (κ3) is 3.85. The van der Waals surface area contributed by atoms with Gasteiger partial charge in [-0.2, -0.15) is 0 Å². The van der Waals surface area contributed by atoms with E-state index in [1.807, 2.05) is 17.5 Å². The van der Waals surface area contributed by atoms with Gasteiger partial charge in [0.15, 0.2) is 17.5 Å². The Morgan fingerprint density at radius 1 is 1.24 bits per heavy atom. The highest BCUT2D eigenvalue weighted by molar-refractivity contribution is 8.00. The lowest BCUT2D eigenvalue weighted by atomic mass is 10.2. The van der Waals surface area contributed by atoms with Crippen molar-refractivity contribution < 1.29 is 22.4 Å². The van der Waals surface area contributed by atoms with Crippen molar-refractivity contribution in [2.24, 2.45) is 0 Å². The predicted molar refractivity (Wildman–Crippen MR) is 87.9 cm³/mol. The number of carbonyl (C=O) groups is 1. The van der Waals surface area contributed by atoms with Crippen LogP contribution in [0.4, 0.5) is 18.9 Å². The molecule has 0 spiro atoms. The summed E-state index contributed by atoms with van der Waals surface area (Å²) in [6, 6.07) is 5.33. The van der Waals surface area contributed by atoms with E-state index >= 15 is 0 Å². The lowest BCUT2D eigenvalue weighted by Crippen LogP contribution is -2.23. The van der Waals surface area contributed by atoms with Crippen molar-refractivity contribution in [1.29, 1.82) is 0 Å². The van der Waals surface area contributed by atoms with Gasteiger partial charge in [-0.15, -0.1) is 21.5 Å². The molecule has 10 heteroatoms. The van der Waals surface area contributed by atoms with E-state index < -0.39 is 34.3 Å². The van der Waals surface area contributed by atoms with Crippen molar-refractivity contribution in [1.82, 2.24) is 10.2 Å². The van der Waals surface area contributed by atoms with Gasteiger partial charge < -0.3 is 9.73 Å². The number of hydrogen-bond donors (Lipinski definition) is 1. The van der Waals surface area contributed by atoms with Crippen LogP contribution in [0.1, 0.15) is 6.92 Å². The monoisotopic (exact) mass is 385 g/mol. The first-order chi connectivity index (χ1) is 12.0. The van der Waals surface area contributed by atoms with Crippen molar-refractivity contribution in [3.05, 3.63) is 47.1 Å². The molecule has 0 saturated heterocycles. The minimum absolute atomic E-state index is 0.164. The van der Waals surface area contributed by atoms with Gasteiger partial charge in [0.1, 0.15) is 0 Å². The highest BCUT2D eigenvalue weighted by Gasteiger charge is 2.21. The van der Waals surface area contributed by atoms with Crippen LogP contribution >= 0.6 is 23.1 Å². The molecular weight excluding hydrogens is 375 g/mol. The van der Waals surface area contributed by atoms with Crippen LogP contribution in [0.3, 0.4) is 0 Å². The van der Waals surface area contributed by atoms with Crippen molar-refractivity contribution in [2.45, 2.75) is 17.4 Å². The summed E-state index contributed by atoms with van der Waals surface area (Å²) in [6.45, 7) is 1.53. The zero-order valence-corrected chi connectivity index (χ0v) is 14.3. The smallest absolute Gasteiger partial charge is 0.277 e. The third-order valence-corrected chi connectivity index (χ3v) is 4.87. The number of nitrogens with zero attached hydrogens (tertiary/aromatic N) is 2. The molecule has 2 heterocycles. The normalized spacial score (nSPS) is 12.2. The number of benzene rings is 1. The fraction of sp³-hybridized carbons (Fsp3) is 0.133. The maximum Gasteiger partial charge on any atom is 0.277 e. The molecule has 0 aliphatic carbocycles. The van der Waals surface area contributed by atoms with Crippen molar-refractivity contribution in [2.75, 3.05) is 5.32 Å².